The van der Waals surface area contributed by atoms with Crippen molar-refractivity contribution < 1.29 is 14.6 Å². The lowest BCUT2D eigenvalue weighted by Crippen LogP contribution is -2.41. The molecule has 20 heavy (non-hydrogen) atoms. The standard InChI is InChI=1S/C14H21N3O3/c1-20-13-8-7-12(16-17-13)14(19)15-11-6-4-2-3-5-10(11)9-18/h7-8,10-11,18H,2-6,9H2,1H3,(H,15,19). The molecule has 2 rings (SSSR count). The molecule has 1 saturated carbocycles. The summed E-state index contributed by atoms with van der Waals surface area (Å²) in [5.41, 5.74) is 0.270. The van der Waals surface area contributed by atoms with E-state index < -0.39 is 0 Å². The van der Waals surface area contributed by atoms with Crippen molar-refractivity contribution >= 4 is 5.91 Å². The molecular formula is C14H21N3O3. The van der Waals surface area contributed by atoms with Crippen LogP contribution in [0.3, 0.4) is 0 Å². The smallest absolute Gasteiger partial charge is 0.272 e. The highest BCUT2D eigenvalue weighted by atomic mass is 16.5. The number of ether oxygens (including phenoxy) is 1. The van der Waals surface area contributed by atoms with Crippen LogP contribution in [0.2, 0.25) is 0 Å². The zero-order valence-corrected chi connectivity index (χ0v) is 11.7. The fourth-order valence-electron chi connectivity index (χ4n) is 2.59. The minimum absolute atomic E-state index is 0.0129. The zero-order chi connectivity index (χ0) is 14.4. The molecule has 1 aliphatic carbocycles. The van der Waals surface area contributed by atoms with Gasteiger partial charge in [0, 0.05) is 24.6 Å². The Bertz CT molecular complexity index is 436. The van der Waals surface area contributed by atoms with Gasteiger partial charge in [0.2, 0.25) is 5.88 Å². The highest BCUT2D eigenvalue weighted by molar-refractivity contribution is 5.92. The molecule has 1 amide bonds. The van der Waals surface area contributed by atoms with E-state index in [2.05, 4.69) is 15.5 Å². The van der Waals surface area contributed by atoms with Gasteiger partial charge in [-0.15, -0.1) is 10.2 Å². The van der Waals surface area contributed by atoms with Gasteiger partial charge in [-0.3, -0.25) is 4.79 Å². The van der Waals surface area contributed by atoms with Gasteiger partial charge in [0.25, 0.3) is 5.91 Å². The molecule has 0 saturated heterocycles. The largest absolute Gasteiger partial charge is 0.480 e. The van der Waals surface area contributed by atoms with E-state index in [9.17, 15) is 9.90 Å². The van der Waals surface area contributed by atoms with E-state index in [4.69, 9.17) is 4.74 Å². The molecule has 1 aromatic rings. The maximum Gasteiger partial charge on any atom is 0.272 e. The molecule has 110 valence electrons. The first-order valence-electron chi connectivity index (χ1n) is 7.04. The highest BCUT2D eigenvalue weighted by Gasteiger charge is 2.25. The molecule has 2 atom stereocenters. The predicted molar refractivity (Wildman–Crippen MR) is 73.5 cm³/mol. The number of aromatic nitrogens is 2. The molecule has 1 aromatic heterocycles. The number of carbonyl (C=O) groups is 1. The fourth-order valence-corrected chi connectivity index (χ4v) is 2.59. The Morgan fingerprint density at radius 1 is 1.35 bits per heavy atom. The van der Waals surface area contributed by atoms with Crippen molar-refractivity contribution in [2.24, 2.45) is 5.92 Å². The molecule has 6 nitrogen and oxygen atoms in total. The molecule has 2 unspecified atom stereocenters. The van der Waals surface area contributed by atoms with Crippen molar-refractivity contribution in [3.05, 3.63) is 17.8 Å². The van der Waals surface area contributed by atoms with Gasteiger partial charge in [-0.1, -0.05) is 19.3 Å². The normalized spacial score (nSPS) is 22.9. The van der Waals surface area contributed by atoms with Crippen LogP contribution in [0.1, 0.15) is 42.6 Å². The number of nitrogens with zero attached hydrogens (tertiary/aromatic N) is 2. The summed E-state index contributed by atoms with van der Waals surface area (Å²) in [7, 11) is 1.50. The van der Waals surface area contributed by atoms with Gasteiger partial charge in [0.05, 0.1) is 7.11 Å². The first-order valence-corrected chi connectivity index (χ1v) is 7.04. The van der Waals surface area contributed by atoms with E-state index in [0.29, 0.717) is 5.88 Å². The number of carbonyl (C=O) groups excluding carboxylic acids is 1. The van der Waals surface area contributed by atoms with E-state index in [1.54, 1.807) is 12.1 Å². The summed E-state index contributed by atoms with van der Waals surface area (Å²) in [5.74, 6) is 0.266. The molecule has 0 spiro atoms. The quantitative estimate of drug-likeness (QED) is 0.808. The Labute approximate surface area is 118 Å². The second-order valence-corrected chi connectivity index (χ2v) is 5.12. The molecule has 1 aliphatic rings. The van der Waals surface area contributed by atoms with Gasteiger partial charge >= 0.3 is 0 Å². The van der Waals surface area contributed by atoms with Crippen LogP contribution < -0.4 is 10.1 Å². The minimum Gasteiger partial charge on any atom is -0.480 e. The van der Waals surface area contributed by atoms with Crippen molar-refractivity contribution in [2.75, 3.05) is 13.7 Å². The Hall–Kier alpha value is -1.69. The SMILES string of the molecule is COc1ccc(C(=O)NC2CCCCCC2CO)nn1. The van der Waals surface area contributed by atoms with Crippen LogP contribution >= 0.6 is 0 Å². The molecule has 0 aliphatic heterocycles. The summed E-state index contributed by atoms with van der Waals surface area (Å²) in [4.78, 5) is 12.2. The molecule has 1 fully saturated rings. The van der Waals surface area contributed by atoms with Gasteiger partial charge in [-0.2, -0.15) is 0 Å². The fraction of sp³-hybridized carbons (Fsp3) is 0.643. The average Bonchev–Trinajstić information content (AvgIpc) is 2.72. The summed E-state index contributed by atoms with van der Waals surface area (Å²) in [6.07, 6.45) is 5.21. The van der Waals surface area contributed by atoms with E-state index >= 15 is 0 Å². The summed E-state index contributed by atoms with van der Waals surface area (Å²) in [6.45, 7) is 0.110. The topological polar surface area (TPSA) is 84.3 Å². The lowest BCUT2D eigenvalue weighted by atomic mass is 9.95. The van der Waals surface area contributed by atoms with Crippen LogP contribution in [-0.2, 0) is 0 Å². The Kier molecular flexibility index (Phi) is 5.29. The van der Waals surface area contributed by atoms with Crippen molar-refractivity contribution in [1.29, 1.82) is 0 Å². The molecule has 6 heteroatoms. The van der Waals surface area contributed by atoms with Crippen LogP contribution in [0.4, 0.5) is 0 Å². The molecule has 1 heterocycles. The minimum atomic E-state index is -0.245. The molecule has 2 N–H and O–H groups in total. The van der Waals surface area contributed by atoms with Crippen molar-refractivity contribution in [3.8, 4) is 5.88 Å². The predicted octanol–water partition coefficient (Wildman–Crippen LogP) is 1.16. The number of aliphatic hydroxyl groups is 1. The average molecular weight is 279 g/mol. The second kappa shape index (κ2) is 7.19. The van der Waals surface area contributed by atoms with E-state index in [-0.39, 0.29) is 30.2 Å². The Balaban J connectivity index is 2.00. The third-order valence-electron chi connectivity index (χ3n) is 3.79. The van der Waals surface area contributed by atoms with Gasteiger partial charge in [-0.25, -0.2) is 0 Å². The van der Waals surface area contributed by atoms with Gasteiger partial charge in [0.1, 0.15) is 0 Å². The number of aliphatic hydroxyl groups excluding tert-OH is 1. The number of hydrogen-bond donors (Lipinski definition) is 2. The Morgan fingerprint density at radius 2 is 2.15 bits per heavy atom. The lowest BCUT2D eigenvalue weighted by Gasteiger charge is -2.24. The monoisotopic (exact) mass is 279 g/mol. The van der Waals surface area contributed by atoms with Gasteiger partial charge < -0.3 is 15.2 Å². The summed E-state index contributed by atoms with van der Waals surface area (Å²) >= 11 is 0. The number of methoxy groups -OCH3 is 1. The molecular weight excluding hydrogens is 258 g/mol. The van der Waals surface area contributed by atoms with E-state index in [1.807, 2.05) is 0 Å². The summed E-state index contributed by atoms with van der Waals surface area (Å²) in [6, 6.07) is 3.21. The second-order valence-electron chi connectivity index (χ2n) is 5.12. The summed E-state index contributed by atoms with van der Waals surface area (Å²) in [5, 5.41) is 20.0. The van der Waals surface area contributed by atoms with Gasteiger partial charge in [-0.05, 0) is 18.9 Å². The van der Waals surface area contributed by atoms with Crippen LogP contribution in [-0.4, -0.2) is 41.0 Å². The molecule has 0 radical (unpaired) electrons. The maximum absolute atomic E-state index is 12.2. The van der Waals surface area contributed by atoms with Crippen LogP contribution in [0.5, 0.6) is 5.88 Å². The van der Waals surface area contributed by atoms with Crippen molar-refractivity contribution in [3.63, 3.8) is 0 Å². The highest BCUT2D eigenvalue weighted by Crippen LogP contribution is 2.23. The number of amides is 1. The van der Waals surface area contributed by atoms with Crippen molar-refractivity contribution in [1.82, 2.24) is 15.5 Å². The number of hydrogen-bond acceptors (Lipinski definition) is 5. The third kappa shape index (κ3) is 3.66. The van der Waals surface area contributed by atoms with Crippen molar-refractivity contribution in [2.45, 2.75) is 38.1 Å². The number of nitrogens with one attached hydrogen (secondary N) is 1. The van der Waals surface area contributed by atoms with Crippen LogP contribution in [0.25, 0.3) is 0 Å². The lowest BCUT2D eigenvalue weighted by molar-refractivity contribution is 0.0893. The van der Waals surface area contributed by atoms with E-state index in [1.165, 1.54) is 7.11 Å². The first-order chi connectivity index (χ1) is 9.74. The summed E-state index contributed by atoms with van der Waals surface area (Å²) < 4.78 is 4.91. The molecule has 0 aromatic carbocycles. The van der Waals surface area contributed by atoms with Gasteiger partial charge in [0.15, 0.2) is 5.69 Å². The number of rotatable bonds is 4. The van der Waals surface area contributed by atoms with Crippen LogP contribution in [0, 0.1) is 5.92 Å². The Morgan fingerprint density at radius 3 is 2.80 bits per heavy atom. The third-order valence-corrected chi connectivity index (χ3v) is 3.79. The molecule has 0 bridgehead atoms. The maximum atomic E-state index is 12.2. The van der Waals surface area contributed by atoms with Crippen LogP contribution in [0.15, 0.2) is 12.1 Å². The first kappa shape index (κ1) is 14.7. The zero-order valence-electron chi connectivity index (χ0n) is 11.7. The van der Waals surface area contributed by atoms with E-state index in [0.717, 1.165) is 32.1 Å².